The Morgan fingerprint density at radius 2 is 0.738 bits per heavy atom. The van der Waals surface area contributed by atoms with Crippen LogP contribution in [0.25, 0.3) is 117 Å². The van der Waals surface area contributed by atoms with Gasteiger partial charge in [0.15, 0.2) is 17.5 Å². The minimum atomic E-state index is 0.607. The minimum absolute atomic E-state index is 0.607. The van der Waals surface area contributed by atoms with Crippen molar-refractivity contribution in [2.45, 2.75) is 0 Å². The van der Waals surface area contributed by atoms with E-state index in [2.05, 4.69) is 205 Å². The second-order valence-electron chi connectivity index (χ2n) is 15.4. The molecular weight excluding hydrogens is 743 g/mol. The summed E-state index contributed by atoms with van der Waals surface area (Å²) in [4.78, 5) is 21.1. The van der Waals surface area contributed by atoms with E-state index in [4.69, 9.17) is 19.9 Å². The molecule has 0 aliphatic carbocycles. The van der Waals surface area contributed by atoms with Crippen molar-refractivity contribution in [3.63, 3.8) is 0 Å². The summed E-state index contributed by atoms with van der Waals surface area (Å²) in [5, 5.41) is 9.20. The summed E-state index contributed by atoms with van der Waals surface area (Å²) in [6.45, 7) is 0. The van der Waals surface area contributed by atoms with Crippen molar-refractivity contribution in [2.24, 2.45) is 0 Å². The fourth-order valence-electron chi connectivity index (χ4n) is 8.93. The molecule has 0 aliphatic rings. The Balaban J connectivity index is 1.04. The van der Waals surface area contributed by atoms with E-state index in [9.17, 15) is 0 Å². The van der Waals surface area contributed by atoms with Crippen LogP contribution in [0, 0.1) is 0 Å². The monoisotopic (exact) mass is 777 g/mol. The van der Waals surface area contributed by atoms with Gasteiger partial charge in [0.05, 0.1) is 11.4 Å². The molecule has 3 heterocycles. The Bertz CT molecular complexity index is 3490. The lowest BCUT2D eigenvalue weighted by Crippen LogP contribution is -2.01. The van der Waals surface area contributed by atoms with E-state index in [1.165, 1.54) is 21.9 Å². The quantitative estimate of drug-likeness (QED) is 0.158. The summed E-state index contributed by atoms with van der Waals surface area (Å²) in [6.07, 6.45) is 2.08. The molecule has 0 saturated carbocycles. The van der Waals surface area contributed by atoms with Crippen molar-refractivity contribution in [1.82, 2.24) is 24.3 Å². The zero-order valence-corrected chi connectivity index (χ0v) is 32.9. The molecular formula is C56H35N5. The van der Waals surface area contributed by atoms with Crippen LogP contribution in [-0.4, -0.2) is 24.3 Å². The van der Waals surface area contributed by atoms with Crippen LogP contribution in [0.2, 0.25) is 0 Å². The molecule has 0 N–H and O–H groups in total. The number of hydrogen-bond donors (Lipinski definition) is 0. The Morgan fingerprint density at radius 1 is 0.295 bits per heavy atom. The SMILES string of the molecule is c1ccc(-c2ccc(-c3nc4ccccn4c3-c3ccc(-c4nc(-c5cc6ccccc6c6ccccc56)nc(-c5cc6ccccc6c6ccccc56)n4)cc3)cc2)cc1. The van der Waals surface area contributed by atoms with Crippen molar-refractivity contribution >= 4 is 48.7 Å². The molecule has 61 heavy (non-hydrogen) atoms. The summed E-state index contributed by atoms with van der Waals surface area (Å²) < 4.78 is 2.17. The number of aromatic nitrogens is 5. The van der Waals surface area contributed by atoms with Crippen LogP contribution < -0.4 is 0 Å². The Hall–Kier alpha value is -8.28. The van der Waals surface area contributed by atoms with Crippen molar-refractivity contribution in [2.75, 3.05) is 0 Å². The molecule has 0 atom stereocenters. The first-order chi connectivity index (χ1) is 30.2. The van der Waals surface area contributed by atoms with Gasteiger partial charge in [-0.05, 0) is 78.5 Å². The van der Waals surface area contributed by atoms with Crippen LogP contribution in [-0.2, 0) is 0 Å². The average Bonchev–Trinajstić information content (AvgIpc) is 3.73. The molecule has 0 unspecified atom stereocenters. The Labute approximate surface area is 351 Å². The molecule has 0 fully saturated rings. The summed E-state index contributed by atoms with van der Waals surface area (Å²) in [7, 11) is 0. The van der Waals surface area contributed by atoms with Gasteiger partial charge in [-0.1, -0.05) is 182 Å². The lowest BCUT2D eigenvalue weighted by molar-refractivity contribution is 1.08. The predicted octanol–water partition coefficient (Wildman–Crippen LogP) is 14.1. The summed E-state index contributed by atoms with van der Waals surface area (Å²) in [5.74, 6) is 1.87. The van der Waals surface area contributed by atoms with Gasteiger partial charge in [0.1, 0.15) is 5.65 Å². The minimum Gasteiger partial charge on any atom is -0.299 e. The molecule has 0 spiro atoms. The number of rotatable bonds is 6. The molecule has 5 nitrogen and oxygen atoms in total. The predicted molar refractivity (Wildman–Crippen MR) is 251 cm³/mol. The first kappa shape index (κ1) is 34.7. The number of pyridine rings is 1. The van der Waals surface area contributed by atoms with Crippen LogP contribution in [0.15, 0.2) is 212 Å². The highest BCUT2D eigenvalue weighted by Crippen LogP contribution is 2.39. The van der Waals surface area contributed by atoms with Gasteiger partial charge < -0.3 is 0 Å². The highest BCUT2D eigenvalue weighted by molar-refractivity contribution is 6.14. The molecule has 5 heteroatoms. The second-order valence-corrected chi connectivity index (χ2v) is 15.4. The molecule has 3 aromatic heterocycles. The zero-order chi connectivity index (χ0) is 40.3. The van der Waals surface area contributed by atoms with E-state index in [1.54, 1.807) is 0 Å². The number of imidazole rings is 1. The fourth-order valence-corrected chi connectivity index (χ4v) is 8.93. The first-order valence-electron chi connectivity index (χ1n) is 20.6. The molecule has 12 aromatic rings. The van der Waals surface area contributed by atoms with Crippen LogP contribution in [0.5, 0.6) is 0 Å². The third-order valence-corrected chi connectivity index (χ3v) is 11.9. The first-order valence-corrected chi connectivity index (χ1v) is 20.6. The largest absolute Gasteiger partial charge is 0.299 e. The molecule has 284 valence electrons. The van der Waals surface area contributed by atoms with Gasteiger partial charge >= 0.3 is 0 Å². The van der Waals surface area contributed by atoms with E-state index in [1.807, 2.05) is 12.1 Å². The van der Waals surface area contributed by atoms with E-state index in [-0.39, 0.29) is 0 Å². The standard InChI is InChI=1S/C56H35N5/c1-2-14-36(15-3-1)37-25-27-38(28-26-37)52-53(61-33-13-12-24-51(61)57-52)39-29-31-40(32-30-39)54-58-55(49-34-41-16-4-6-18-43(41)45-20-8-10-22-47(45)49)60-56(59-54)50-35-42-17-5-7-19-44(42)46-21-9-11-23-48(46)50/h1-35H. The maximum absolute atomic E-state index is 5.34. The lowest BCUT2D eigenvalue weighted by Gasteiger charge is -2.14. The van der Waals surface area contributed by atoms with Crippen LogP contribution in [0.3, 0.4) is 0 Å². The normalized spacial score (nSPS) is 11.6. The van der Waals surface area contributed by atoms with E-state index < -0.39 is 0 Å². The zero-order valence-electron chi connectivity index (χ0n) is 32.9. The molecule has 0 bridgehead atoms. The molecule has 0 amide bonds. The van der Waals surface area contributed by atoms with E-state index in [0.717, 1.165) is 77.2 Å². The van der Waals surface area contributed by atoms with Crippen LogP contribution >= 0.6 is 0 Å². The van der Waals surface area contributed by atoms with E-state index in [0.29, 0.717) is 17.5 Å². The van der Waals surface area contributed by atoms with Gasteiger partial charge in [-0.15, -0.1) is 0 Å². The van der Waals surface area contributed by atoms with Gasteiger partial charge in [-0.2, -0.15) is 0 Å². The Kier molecular flexibility index (Phi) is 8.10. The highest BCUT2D eigenvalue weighted by Gasteiger charge is 2.20. The van der Waals surface area contributed by atoms with Crippen molar-refractivity contribution < 1.29 is 0 Å². The summed E-state index contributed by atoms with van der Waals surface area (Å²) in [5.41, 5.74) is 10.1. The molecule has 0 saturated heterocycles. The summed E-state index contributed by atoms with van der Waals surface area (Å²) in [6, 6.07) is 72.5. The maximum Gasteiger partial charge on any atom is 0.164 e. The topological polar surface area (TPSA) is 56.0 Å². The third kappa shape index (κ3) is 5.94. The van der Waals surface area contributed by atoms with Gasteiger partial charge in [0.2, 0.25) is 0 Å². The van der Waals surface area contributed by atoms with Gasteiger partial charge in [0, 0.05) is 34.0 Å². The number of fused-ring (bicyclic) bond motifs is 7. The second kappa shape index (κ2) is 14.2. The molecule has 9 aromatic carbocycles. The smallest absolute Gasteiger partial charge is 0.164 e. The number of hydrogen-bond acceptors (Lipinski definition) is 4. The Morgan fingerprint density at radius 3 is 1.34 bits per heavy atom. The molecule has 0 aliphatic heterocycles. The number of nitrogens with zero attached hydrogens (tertiary/aromatic N) is 5. The maximum atomic E-state index is 5.34. The average molecular weight is 778 g/mol. The van der Waals surface area contributed by atoms with Gasteiger partial charge in [0.25, 0.3) is 0 Å². The van der Waals surface area contributed by atoms with E-state index >= 15 is 0 Å². The highest BCUT2D eigenvalue weighted by atomic mass is 15.0. The van der Waals surface area contributed by atoms with Crippen molar-refractivity contribution in [3.05, 3.63) is 212 Å². The molecule has 0 radical (unpaired) electrons. The van der Waals surface area contributed by atoms with Crippen LogP contribution in [0.4, 0.5) is 0 Å². The molecule has 12 rings (SSSR count). The summed E-state index contributed by atoms with van der Waals surface area (Å²) >= 11 is 0. The van der Waals surface area contributed by atoms with Gasteiger partial charge in [-0.25, -0.2) is 19.9 Å². The fraction of sp³-hybridized carbons (Fsp3) is 0. The van der Waals surface area contributed by atoms with Crippen LogP contribution in [0.1, 0.15) is 0 Å². The number of benzene rings is 9. The van der Waals surface area contributed by atoms with Crippen molar-refractivity contribution in [3.8, 4) is 67.8 Å². The lowest BCUT2D eigenvalue weighted by atomic mass is 9.96. The van der Waals surface area contributed by atoms with Crippen molar-refractivity contribution in [1.29, 1.82) is 0 Å². The third-order valence-electron chi connectivity index (χ3n) is 11.9. The van der Waals surface area contributed by atoms with Gasteiger partial charge in [-0.3, -0.25) is 4.40 Å².